The molecule has 0 spiro atoms. The fourth-order valence-electron chi connectivity index (χ4n) is 3.51. The highest BCUT2D eigenvalue weighted by atomic mass is 16.5. The molecule has 2 heterocycles. The van der Waals surface area contributed by atoms with Gasteiger partial charge >= 0.3 is 6.03 Å². The molecule has 0 bridgehead atoms. The number of carbonyl (C=O) groups is 1. The van der Waals surface area contributed by atoms with Crippen LogP contribution in [0.25, 0.3) is 21.9 Å². The highest BCUT2D eigenvalue weighted by Gasteiger charge is 2.19. The van der Waals surface area contributed by atoms with Gasteiger partial charge in [0.1, 0.15) is 16.9 Å². The van der Waals surface area contributed by atoms with Gasteiger partial charge in [0.05, 0.1) is 12.8 Å². The van der Waals surface area contributed by atoms with Crippen LogP contribution in [-0.4, -0.2) is 44.2 Å². The maximum Gasteiger partial charge on any atom is 0.319 e. The Kier molecular flexibility index (Phi) is 4.42. The van der Waals surface area contributed by atoms with Gasteiger partial charge in [0.2, 0.25) is 0 Å². The quantitative estimate of drug-likeness (QED) is 0.751. The van der Waals surface area contributed by atoms with Crippen LogP contribution in [0.3, 0.4) is 0 Å². The summed E-state index contributed by atoms with van der Waals surface area (Å²) in [5.74, 6) is 0.614. The lowest BCUT2D eigenvalue weighted by molar-refractivity contribution is 0.221. The van der Waals surface area contributed by atoms with Gasteiger partial charge in [-0.2, -0.15) is 0 Å². The van der Waals surface area contributed by atoms with E-state index in [0.29, 0.717) is 11.4 Å². The smallest absolute Gasteiger partial charge is 0.319 e. The molecule has 0 radical (unpaired) electrons. The van der Waals surface area contributed by atoms with E-state index in [9.17, 15) is 4.79 Å². The molecule has 2 N–H and O–H groups in total. The van der Waals surface area contributed by atoms with Gasteiger partial charge in [-0.05, 0) is 45.1 Å². The summed E-state index contributed by atoms with van der Waals surface area (Å²) in [4.78, 5) is 14.7. The molecular weight excluding hydrogens is 330 g/mol. The summed E-state index contributed by atoms with van der Waals surface area (Å²) in [5.41, 5.74) is 2.14. The van der Waals surface area contributed by atoms with E-state index in [1.165, 1.54) is 0 Å². The Morgan fingerprint density at radius 1 is 1.15 bits per heavy atom. The average Bonchev–Trinajstić information content (AvgIpc) is 3.00. The van der Waals surface area contributed by atoms with Crippen molar-refractivity contribution in [3.05, 3.63) is 36.4 Å². The Balaban J connectivity index is 1.57. The molecule has 1 aliphatic rings. The molecule has 0 aliphatic carbocycles. The molecular formula is C20H23N3O3. The molecule has 136 valence electrons. The lowest BCUT2D eigenvalue weighted by atomic mass is 10.1. The first-order chi connectivity index (χ1) is 12.6. The highest BCUT2D eigenvalue weighted by Crippen LogP contribution is 2.36. The third-order valence-corrected chi connectivity index (χ3v) is 5.00. The number of likely N-dealkylation sites (tertiary alicyclic amines) is 1. The fraction of sp³-hybridized carbons (Fsp3) is 0.350. The summed E-state index contributed by atoms with van der Waals surface area (Å²) >= 11 is 0. The number of hydrogen-bond donors (Lipinski definition) is 2. The van der Waals surface area contributed by atoms with Crippen LogP contribution in [0.5, 0.6) is 5.75 Å². The summed E-state index contributed by atoms with van der Waals surface area (Å²) in [7, 11) is 3.70. The van der Waals surface area contributed by atoms with Crippen LogP contribution in [0.4, 0.5) is 10.5 Å². The molecule has 2 aromatic carbocycles. The molecule has 6 nitrogen and oxygen atoms in total. The minimum Gasteiger partial charge on any atom is -0.495 e. The van der Waals surface area contributed by atoms with E-state index >= 15 is 0 Å². The third-order valence-electron chi connectivity index (χ3n) is 5.00. The number of urea groups is 1. The van der Waals surface area contributed by atoms with Crippen molar-refractivity contribution >= 4 is 33.7 Å². The van der Waals surface area contributed by atoms with Crippen molar-refractivity contribution in [2.24, 2.45) is 0 Å². The number of para-hydroxylation sites is 1. The Labute approximate surface area is 152 Å². The zero-order valence-electron chi connectivity index (χ0n) is 15.0. The number of nitrogens with one attached hydrogen (secondary N) is 2. The number of rotatable bonds is 3. The number of benzene rings is 2. The molecule has 2 amide bonds. The van der Waals surface area contributed by atoms with Crippen LogP contribution in [0.2, 0.25) is 0 Å². The van der Waals surface area contributed by atoms with Gasteiger partial charge in [-0.1, -0.05) is 18.2 Å². The number of ether oxygens (including phenoxy) is 1. The standard InChI is InChI=1S/C20H23N3O3/c1-23-9-7-13(8-10-23)21-20(24)22-16-12-18-15(11-19(16)25-2)14-5-3-4-6-17(14)26-18/h3-6,11-13H,7-10H2,1-2H3,(H2,21,22,24). The van der Waals surface area contributed by atoms with Crippen molar-refractivity contribution in [1.29, 1.82) is 0 Å². The second-order valence-electron chi connectivity index (χ2n) is 6.82. The average molecular weight is 353 g/mol. The molecule has 26 heavy (non-hydrogen) atoms. The number of fused-ring (bicyclic) bond motifs is 3. The van der Waals surface area contributed by atoms with E-state index in [4.69, 9.17) is 9.15 Å². The molecule has 1 aliphatic heterocycles. The molecule has 6 heteroatoms. The van der Waals surface area contributed by atoms with E-state index in [1.54, 1.807) is 7.11 Å². The first-order valence-corrected chi connectivity index (χ1v) is 8.89. The van der Waals surface area contributed by atoms with Crippen LogP contribution in [0.15, 0.2) is 40.8 Å². The Bertz CT molecular complexity index is 942. The highest BCUT2D eigenvalue weighted by molar-refractivity contribution is 6.07. The third kappa shape index (κ3) is 3.20. The molecule has 4 rings (SSSR count). The Morgan fingerprint density at radius 3 is 2.69 bits per heavy atom. The Morgan fingerprint density at radius 2 is 1.92 bits per heavy atom. The van der Waals surface area contributed by atoms with Crippen molar-refractivity contribution < 1.29 is 13.9 Å². The van der Waals surface area contributed by atoms with E-state index < -0.39 is 0 Å². The van der Waals surface area contributed by atoms with E-state index in [1.807, 2.05) is 36.4 Å². The summed E-state index contributed by atoms with van der Waals surface area (Å²) in [5, 5.41) is 7.96. The maximum atomic E-state index is 12.4. The predicted octanol–water partition coefficient (Wildman–Crippen LogP) is 3.81. The number of methoxy groups -OCH3 is 1. The van der Waals surface area contributed by atoms with E-state index in [0.717, 1.165) is 47.9 Å². The van der Waals surface area contributed by atoms with Crippen LogP contribution in [0, 0.1) is 0 Å². The molecule has 3 aromatic rings. The number of piperidine rings is 1. The van der Waals surface area contributed by atoms with Gasteiger partial charge < -0.3 is 24.7 Å². The summed E-state index contributed by atoms with van der Waals surface area (Å²) in [6.45, 7) is 2.00. The lowest BCUT2D eigenvalue weighted by Crippen LogP contribution is -2.44. The zero-order chi connectivity index (χ0) is 18.1. The van der Waals surface area contributed by atoms with Crippen molar-refractivity contribution in [3.63, 3.8) is 0 Å². The summed E-state index contributed by atoms with van der Waals surface area (Å²) < 4.78 is 11.4. The van der Waals surface area contributed by atoms with Crippen LogP contribution >= 0.6 is 0 Å². The van der Waals surface area contributed by atoms with E-state index in [-0.39, 0.29) is 12.1 Å². The van der Waals surface area contributed by atoms with Gasteiger partial charge in [0.25, 0.3) is 0 Å². The van der Waals surface area contributed by atoms with Gasteiger partial charge in [-0.15, -0.1) is 0 Å². The van der Waals surface area contributed by atoms with Gasteiger partial charge in [0.15, 0.2) is 0 Å². The van der Waals surface area contributed by atoms with Crippen LogP contribution < -0.4 is 15.4 Å². The lowest BCUT2D eigenvalue weighted by Gasteiger charge is -2.29. The number of carbonyl (C=O) groups excluding carboxylic acids is 1. The zero-order valence-corrected chi connectivity index (χ0v) is 15.0. The van der Waals surface area contributed by atoms with Gasteiger partial charge in [-0.3, -0.25) is 0 Å². The second-order valence-corrected chi connectivity index (χ2v) is 6.82. The van der Waals surface area contributed by atoms with Gasteiger partial charge in [-0.25, -0.2) is 4.79 Å². The normalized spacial score (nSPS) is 16.1. The predicted molar refractivity (Wildman–Crippen MR) is 103 cm³/mol. The molecule has 0 atom stereocenters. The topological polar surface area (TPSA) is 66.7 Å². The van der Waals surface area contributed by atoms with Crippen molar-refractivity contribution in [2.45, 2.75) is 18.9 Å². The molecule has 0 saturated carbocycles. The van der Waals surface area contributed by atoms with Crippen molar-refractivity contribution in [1.82, 2.24) is 10.2 Å². The van der Waals surface area contributed by atoms with Gasteiger partial charge in [0, 0.05) is 22.9 Å². The summed E-state index contributed by atoms with van der Waals surface area (Å²) in [6.07, 6.45) is 1.92. The van der Waals surface area contributed by atoms with Crippen LogP contribution in [-0.2, 0) is 0 Å². The van der Waals surface area contributed by atoms with Crippen molar-refractivity contribution in [3.8, 4) is 5.75 Å². The first kappa shape index (κ1) is 16.7. The largest absolute Gasteiger partial charge is 0.495 e. The number of furan rings is 1. The summed E-state index contributed by atoms with van der Waals surface area (Å²) in [6, 6.07) is 11.6. The number of nitrogens with zero attached hydrogens (tertiary/aromatic N) is 1. The maximum absolute atomic E-state index is 12.4. The number of hydrogen-bond acceptors (Lipinski definition) is 4. The second kappa shape index (κ2) is 6.88. The van der Waals surface area contributed by atoms with E-state index in [2.05, 4.69) is 22.6 Å². The van der Waals surface area contributed by atoms with Crippen molar-refractivity contribution in [2.75, 3.05) is 32.6 Å². The molecule has 0 unspecified atom stereocenters. The Hall–Kier alpha value is -2.73. The fourth-order valence-corrected chi connectivity index (χ4v) is 3.51. The van der Waals surface area contributed by atoms with Crippen LogP contribution in [0.1, 0.15) is 12.8 Å². The SMILES string of the molecule is COc1cc2c(cc1NC(=O)NC1CCN(C)CC1)oc1ccccc12. The number of anilines is 1. The minimum absolute atomic E-state index is 0.201. The molecule has 1 fully saturated rings. The molecule has 1 saturated heterocycles. The monoisotopic (exact) mass is 353 g/mol. The first-order valence-electron chi connectivity index (χ1n) is 8.89. The molecule has 1 aromatic heterocycles. The minimum atomic E-state index is -0.215. The number of amides is 2.